The van der Waals surface area contributed by atoms with Crippen molar-refractivity contribution in [2.75, 3.05) is 24.5 Å². The van der Waals surface area contributed by atoms with Crippen molar-refractivity contribution >= 4 is 17.5 Å². The van der Waals surface area contributed by atoms with Crippen LogP contribution in [0.15, 0.2) is 54.6 Å². The average Bonchev–Trinajstić information content (AvgIpc) is 2.72. The fourth-order valence-electron chi connectivity index (χ4n) is 3.28. The summed E-state index contributed by atoms with van der Waals surface area (Å²) in [6.45, 7) is 10.3. The Hall–Kier alpha value is -2.82. The Bertz CT molecular complexity index is 790. The zero-order valence-electron chi connectivity index (χ0n) is 17.9. The van der Waals surface area contributed by atoms with Crippen molar-refractivity contribution in [2.45, 2.75) is 40.2 Å². The van der Waals surface area contributed by atoms with Crippen LogP contribution in [0.4, 0.5) is 5.69 Å². The molecule has 0 radical (unpaired) electrons. The van der Waals surface area contributed by atoms with E-state index in [9.17, 15) is 9.59 Å². The molecule has 2 amide bonds. The van der Waals surface area contributed by atoms with Crippen LogP contribution in [-0.2, 0) is 4.79 Å². The van der Waals surface area contributed by atoms with Gasteiger partial charge in [0, 0.05) is 30.9 Å². The molecule has 2 rings (SSSR count). The Morgan fingerprint density at radius 3 is 2.28 bits per heavy atom. The maximum absolute atomic E-state index is 12.7. The predicted molar refractivity (Wildman–Crippen MR) is 119 cm³/mol. The third-order valence-corrected chi connectivity index (χ3v) is 5.03. The first-order valence-corrected chi connectivity index (χ1v) is 10.4. The number of benzene rings is 2. The van der Waals surface area contributed by atoms with Gasteiger partial charge in [-0.05, 0) is 49.9 Å². The van der Waals surface area contributed by atoms with Crippen LogP contribution in [0.1, 0.15) is 43.1 Å². The van der Waals surface area contributed by atoms with Gasteiger partial charge in [-0.1, -0.05) is 50.2 Å². The van der Waals surface area contributed by atoms with Crippen molar-refractivity contribution < 1.29 is 9.59 Å². The van der Waals surface area contributed by atoms with Gasteiger partial charge in [0.05, 0.1) is 0 Å². The lowest BCUT2D eigenvalue weighted by Crippen LogP contribution is -2.50. The summed E-state index contributed by atoms with van der Waals surface area (Å²) in [5, 5.41) is 5.88. The van der Waals surface area contributed by atoms with Gasteiger partial charge in [0.1, 0.15) is 6.04 Å². The normalized spacial score (nSPS) is 11.8. The number of hydrogen-bond donors (Lipinski definition) is 2. The SMILES string of the molecule is CCN(CCCNC(=O)C(NC(=O)c1ccccc1C)C(C)C)c1ccccc1. The van der Waals surface area contributed by atoms with Gasteiger partial charge in [-0.3, -0.25) is 9.59 Å². The van der Waals surface area contributed by atoms with Crippen LogP contribution in [0.2, 0.25) is 0 Å². The number of hydrogen-bond acceptors (Lipinski definition) is 3. The fraction of sp³-hybridized carbons (Fsp3) is 0.417. The molecule has 2 aromatic rings. The summed E-state index contributed by atoms with van der Waals surface area (Å²) in [5.74, 6) is -0.345. The topological polar surface area (TPSA) is 61.4 Å². The first-order valence-electron chi connectivity index (χ1n) is 10.4. The Morgan fingerprint density at radius 2 is 1.66 bits per heavy atom. The highest BCUT2D eigenvalue weighted by molar-refractivity contribution is 5.98. The fourth-order valence-corrected chi connectivity index (χ4v) is 3.28. The molecule has 29 heavy (non-hydrogen) atoms. The summed E-state index contributed by atoms with van der Waals surface area (Å²) >= 11 is 0. The van der Waals surface area contributed by atoms with Crippen molar-refractivity contribution in [1.29, 1.82) is 0 Å². The summed E-state index contributed by atoms with van der Waals surface area (Å²) in [7, 11) is 0. The van der Waals surface area contributed by atoms with Crippen molar-refractivity contribution in [3.8, 4) is 0 Å². The molecule has 1 atom stereocenters. The smallest absolute Gasteiger partial charge is 0.252 e. The van der Waals surface area contributed by atoms with E-state index in [0.717, 1.165) is 25.1 Å². The van der Waals surface area contributed by atoms with Gasteiger partial charge >= 0.3 is 0 Å². The number of nitrogens with one attached hydrogen (secondary N) is 2. The minimum Gasteiger partial charge on any atom is -0.372 e. The van der Waals surface area contributed by atoms with Gasteiger partial charge in [-0.15, -0.1) is 0 Å². The first-order chi connectivity index (χ1) is 13.9. The molecule has 0 fully saturated rings. The van der Waals surface area contributed by atoms with E-state index in [0.29, 0.717) is 12.1 Å². The van der Waals surface area contributed by atoms with E-state index in [1.54, 1.807) is 6.07 Å². The summed E-state index contributed by atoms with van der Waals surface area (Å²) in [4.78, 5) is 27.6. The van der Waals surface area contributed by atoms with Crippen LogP contribution in [-0.4, -0.2) is 37.5 Å². The molecular weight excluding hydrogens is 362 g/mol. The second-order valence-electron chi connectivity index (χ2n) is 7.57. The number of rotatable bonds is 10. The number of anilines is 1. The molecule has 1 unspecified atom stereocenters. The highest BCUT2D eigenvalue weighted by Crippen LogP contribution is 2.13. The Balaban J connectivity index is 1.86. The van der Waals surface area contributed by atoms with Gasteiger partial charge in [0.15, 0.2) is 0 Å². The molecule has 0 aliphatic rings. The number of nitrogens with zero attached hydrogens (tertiary/aromatic N) is 1. The highest BCUT2D eigenvalue weighted by Gasteiger charge is 2.24. The summed E-state index contributed by atoms with van der Waals surface area (Å²) in [6, 6.07) is 17.1. The van der Waals surface area contributed by atoms with Gasteiger partial charge < -0.3 is 15.5 Å². The number of carbonyl (C=O) groups is 2. The summed E-state index contributed by atoms with van der Waals surface area (Å²) in [6.07, 6.45) is 0.838. The average molecular weight is 396 g/mol. The van der Waals surface area contributed by atoms with Crippen LogP contribution < -0.4 is 15.5 Å². The van der Waals surface area contributed by atoms with Crippen LogP contribution in [0.3, 0.4) is 0 Å². The Labute approximate surface area is 174 Å². The summed E-state index contributed by atoms with van der Waals surface area (Å²) in [5.41, 5.74) is 2.69. The molecule has 5 heteroatoms. The zero-order valence-corrected chi connectivity index (χ0v) is 17.9. The van der Waals surface area contributed by atoms with E-state index in [-0.39, 0.29) is 17.7 Å². The van der Waals surface area contributed by atoms with E-state index in [4.69, 9.17) is 0 Å². The zero-order chi connectivity index (χ0) is 21.2. The Kier molecular flexibility index (Phi) is 8.71. The summed E-state index contributed by atoms with van der Waals surface area (Å²) < 4.78 is 0. The van der Waals surface area contributed by atoms with E-state index >= 15 is 0 Å². The largest absolute Gasteiger partial charge is 0.372 e. The quantitative estimate of drug-likeness (QED) is 0.602. The molecule has 0 saturated carbocycles. The molecule has 0 aliphatic carbocycles. The lowest BCUT2D eigenvalue weighted by atomic mass is 10.0. The molecule has 0 heterocycles. The van der Waals surface area contributed by atoms with Gasteiger partial charge in [-0.25, -0.2) is 0 Å². The minimum atomic E-state index is -0.557. The number of para-hydroxylation sites is 1. The van der Waals surface area contributed by atoms with E-state index < -0.39 is 6.04 Å². The van der Waals surface area contributed by atoms with Crippen molar-refractivity contribution in [2.24, 2.45) is 5.92 Å². The molecule has 5 nitrogen and oxygen atoms in total. The molecule has 2 aromatic carbocycles. The van der Waals surface area contributed by atoms with Crippen molar-refractivity contribution in [3.05, 3.63) is 65.7 Å². The van der Waals surface area contributed by atoms with Crippen molar-refractivity contribution in [1.82, 2.24) is 10.6 Å². The number of aryl methyl sites for hydroxylation is 1. The second kappa shape index (κ2) is 11.2. The molecule has 0 aromatic heterocycles. The number of amides is 2. The van der Waals surface area contributed by atoms with Crippen LogP contribution >= 0.6 is 0 Å². The van der Waals surface area contributed by atoms with Gasteiger partial charge in [0.2, 0.25) is 5.91 Å². The molecule has 0 saturated heterocycles. The predicted octanol–water partition coefficient (Wildman–Crippen LogP) is 3.78. The molecular formula is C24H33N3O2. The van der Waals surface area contributed by atoms with E-state index in [1.165, 1.54) is 5.69 Å². The Morgan fingerprint density at radius 1 is 1.00 bits per heavy atom. The minimum absolute atomic E-state index is 0.000530. The molecule has 2 N–H and O–H groups in total. The lowest BCUT2D eigenvalue weighted by Gasteiger charge is -2.24. The molecule has 0 aliphatic heterocycles. The van der Waals surface area contributed by atoms with E-state index in [1.807, 2.05) is 57.2 Å². The van der Waals surface area contributed by atoms with E-state index in [2.05, 4.69) is 34.6 Å². The van der Waals surface area contributed by atoms with Crippen LogP contribution in [0, 0.1) is 12.8 Å². The number of carbonyl (C=O) groups excluding carboxylic acids is 2. The first kappa shape index (κ1) is 22.5. The lowest BCUT2D eigenvalue weighted by molar-refractivity contribution is -0.123. The molecule has 156 valence electrons. The van der Waals surface area contributed by atoms with Gasteiger partial charge in [-0.2, -0.15) is 0 Å². The third-order valence-electron chi connectivity index (χ3n) is 5.03. The van der Waals surface area contributed by atoms with Crippen LogP contribution in [0.25, 0.3) is 0 Å². The monoisotopic (exact) mass is 395 g/mol. The highest BCUT2D eigenvalue weighted by atomic mass is 16.2. The maximum Gasteiger partial charge on any atom is 0.252 e. The molecule has 0 spiro atoms. The maximum atomic E-state index is 12.7. The molecule has 0 bridgehead atoms. The standard InChI is InChI=1S/C24H33N3O2/c1-5-27(20-13-7-6-8-14-20)17-11-16-25-24(29)22(18(2)3)26-23(28)21-15-10-9-12-19(21)4/h6-10,12-15,18,22H,5,11,16-17H2,1-4H3,(H,25,29)(H,26,28). The van der Waals surface area contributed by atoms with Gasteiger partial charge in [0.25, 0.3) is 5.91 Å². The third kappa shape index (κ3) is 6.63. The van der Waals surface area contributed by atoms with Crippen LogP contribution in [0.5, 0.6) is 0 Å². The van der Waals surface area contributed by atoms with Crippen molar-refractivity contribution in [3.63, 3.8) is 0 Å². The second-order valence-corrected chi connectivity index (χ2v) is 7.57.